The van der Waals surface area contributed by atoms with E-state index in [1.165, 1.54) is 0 Å². The zero-order chi connectivity index (χ0) is 18.8. The van der Waals surface area contributed by atoms with E-state index in [4.69, 9.17) is 33.0 Å². The van der Waals surface area contributed by atoms with E-state index in [0.717, 1.165) is 11.3 Å². The average molecular weight is 432 g/mol. The fourth-order valence-corrected chi connectivity index (χ4v) is 4.19. The van der Waals surface area contributed by atoms with E-state index in [-0.39, 0.29) is 19.0 Å². The number of hydrogen-bond donors (Lipinski definition) is 2. The summed E-state index contributed by atoms with van der Waals surface area (Å²) < 4.78 is 5.26. The third kappa shape index (κ3) is 6.93. The highest BCUT2D eigenvalue weighted by atomic mass is 35.5. The molecule has 2 aromatic carbocycles. The molecule has 0 heterocycles. The summed E-state index contributed by atoms with van der Waals surface area (Å²) in [5.41, 5.74) is 2.16. The first kappa shape index (κ1) is 21.3. The standard InChI is InChI=1S/C18H19Cl2NO3S2/c19-14-5-3-6-15(20)18(14)21-16-7-2-1-4-13(16)12-17(23)24-9-11-26-25-10-8-22/h1-7,21-22H,8-12H2. The lowest BCUT2D eigenvalue weighted by Gasteiger charge is -2.14. The molecule has 0 fully saturated rings. The van der Waals surface area contributed by atoms with Gasteiger partial charge in [-0.05, 0) is 23.8 Å². The Labute approximate surface area is 171 Å². The van der Waals surface area contributed by atoms with Gasteiger partial charge in [0.25, 0.3) is 0 Å². The SMILES string of the molecule is O=C(Cc1ccccc1Nc1c(Cl)cccc1Cl)OCCSSCCO. The van der Waals surface area contributed by atoms with Crippen molar-refractivity contribution in [2.75, 3.05) is 30.0 Å². The Morgan fingerprint density at radius 1 is 1.04 bits per heavy atom. The summed E-state index contributed by atoms with van der Waals surface area (Å²) in [5, 5.41) is 12.9. The minimum absolute atomic E-state index is 0.149. The molecule has 0 atom stereocenters. The molecule has 0 radical (unpaired) electrons. The number of ether oxygens (including phenoxy) is 1. The van der Waals surface area contributed by atoms with E-state index < -0.39 is 0 Å². The summed E-state index contributed by atoms with van der Waals surface area (Å²) >= 11 is 12.4. The van der Waals surface area contributed by atoms with E-state index >= 15 is 0 Å². The molecule has 0 unspecified atom stereocenters. The quantitative estimate of drug-likeness (QED) is 0.306. The van der Waals surface area contributed by atoms with Crippen LogP contribution in [-0.4, -0.2) is 35.8 Å². The lowest BCUT2D eigenvalue weighted by molar-refractivity contribution is -0.142. The number of aliphatic hydroxyl groups excluding tert-OH is 1. The number of para-hydroxylation sites is 2. The second-order valence-electron chi connectivity index (χ2n) is 5.14. The molecule has 4 nitrogen and oxygen atoms in total. The molecule has 26 heavy (non-hydrogen) atoms. The summed E-state index contributed by atoms with van der Waals surface area (Å²) in [7, 11) is 3.13. The van der Waals surface area contributed by atoms with Gasteiger partial charge in [0, 0.05) is 17.2 Å². The van der Waals surface area contributed by atoms with Crippen LogP contribution >= 0.6 is 44.8 Å². The van der Waals surface area contributed by atoms with Gasteiger partial charge in [0.15, 0.2) is 0 Å². The van der Waals surface area contributed by atoms with Crippen LogP contribution in [0.3, 0.4) is 0 Å². The van der Waals surface area contributed by atoms with Gasteiger partial charge in [-0.15, -0.1) is 0 Å². The van der Waals surface area contributed by atoms with Gasteiger partial charge in [-0.25, -0.2) is 0 Å². The molecule has 0 aliphatic heterocycles. The van der Waals surface area contributed by atoms with Crippen molar-refractivity contribution >= 4 is 62.1 Å². The van der Waals surface area contributed by atoms with Gasteiger partial charge in [-0.1, -0.05) is 69.1 Å². The number of esters is 1. The smallest absolute Gasteiger partial charge is 0.310 e. The predicted octanol–water partition coefficient (Wildman–Crippen LogP) is 5.20. The average Bonchev–Trinajstić information content (AvgIpc) is 2.62. The molecule has 0 saturated carbocycles. The van der Waals surface area contributed by atoms with Gasteiger partial charge in [0.1, 0.15) is 6.61 Å². The molecule has 0 spiro atoms. The number of benzene rings is 2. The minimum atomic E-state index is -0.294. The molecule has 140 valence electrons. The first-order valence-corrected chi connectivity index (χ1v) is 11.2. The number of aliphatic hydroxyl groups is 1. The van der Waals surface area contributed by atoms with Crippen LogP contribution in [-0.2, 0) is 16.0 Å². The zero-order valence-corrected chi connectivity index (χ0v) is 17.1. The van der Waals surface area contributed by atoms with Gasteiger partial charge in [0.2, 0.25) is 0 Å². The van der Waals surface area contributed by atoms with Gasteiger partial charge in [0.05, 0.1) is 28.8 Å². The third-order valence-corrected chi connectivity index (χ3v) is 6.24. The van der Waals surface area contributed by atoms with Crippen LogP contribution in [0.2, 0.25) is 10.0 Å². The van der Waals surface area contributed by atoms with E-state index in [1.807, 2.05) is 24.3 Å². The summed E-state index contributed by atoms with van der Waals surface area (Å²) in [6.45, 7) is 0.491. The van der Waals surface area contributed by atoms with E-state index in [0.29, 0.717) is 33.8 Å². The Hall–Kier alpha value is -1.05. The molecule has 2 aromatic rings. The normalized spacial score (nSPS) is 10.6. The second kappa shape index (κ2) is 11.6. The Kier molecular flexibility index (Phi) is 9.50. The van der Waals surface area contributed by atoms with Crippen molar-refractivity contribution in [3.8, 4) is 0 Å². The van der Waals surface area contributed by atoms with Crippen molar-refractivity contribution in [1.29, 1.82) is 0 Å². The van der Waals surface area contributed by atoms with Gasteiger partial charge >= 0.3 is 5.97 Å². The van der Waals surface area contributed by atoms with Gasteiger partial charge in [-0.2, -0.15) is 0 Å². The fraction of sp³-hybridized carbons (Fsp3) is 0.278. The van der Waals surface area contributed by atoms with Crippen LogP contribution < -0.4 is 5.32 Å². The van der Waals surface area contributed by atoms with E-state index in [2.05, 4.69) is 5.32 Å². The molecule has 0 saturated heterocycles. The molecular weight excluding hydrogens is 413 g/mol. The monoisotopic (exact) mass is 431 g/mol. The van der Waals surface area contributed by atoms with Crippen molar-refractivity contribution in [3.05, 3.63) is 58.1 Å². The van der Waals surface area contributed by atoms with E-state index in [9.17, 15) is 4.79 Å². The number of halogens is 2. The van der Waals surface area contributed by atoms with Crippen molar-refractivity contribution in [2.45, 2.75) is 6.42 Å². The Bertz CT molecular complexity index is 711. The maximum absolute atomic E-state index is 12.1. The van der Waals surface area contributed by atoms with Crippen LogP contribution in [0, 0.1) is 0 Å². The van der Waals surface area contributed by atoms with Crippen LogP contribution in [0.4, 0.5) is 11.4 Å². The number of nitrogens with one attached hydrogen (secondary N) is 1. The molecule has 2 N–H and O–H groups in total. The minimum Gasteiger partial charge on any atom is -0.465 e. The van der Waals surface area contributed by atoms with Crippen molar-refractivity contribution in [2.24, 2.45) is 0 Å². The molecule has 0 aliphatic carbocycles. The largest absolute Gasteiger partial charge is 0.465 e. The number of carbonyl (C=O) groups is 1. The molecule has 0 bridgehead atoms. The fourth-order valence-electron chi connectivity index (χ4n) is 2.10. The van der Waals surface area contributed by atoms with Crippen LogP contribution in [0.1, 0.15) is 5.56 Å². The summed E-state index contributed by atoms with van der Waals surface area (Å²) in [6.07, 6.45) is 0.152. The number of rotatable bonds is 10. The van der Waals surface area contributed by atoms with Gasteiger partial charge in [-0.3, -0.25) is 4.79 Å². The lowest BCUT2D eigenvalue weighted by atomic mass is 10.1. The van der Waals surface area contributed by atoms with E-state index in [1.54, 1.807) is 39.8 Å². The predicted molar refractivity (Wildman–Crippen MR) is 113 cm³/mol. The summed E-state index contributed by atoms with van der Waals surface area (Å²) in [5.74, 6) is 1.06. The molecule has 0 aromatic heterocycles. The first-order chi connectivity index (χ1) is 12.6. The Morgan fingerprint density at radius 2 is 1.73 bits per heavy atom. The molecular formula is C18H19Cl2NO3S2. The maximum Gasteiger partial charge on any atom is 0.310 e. The molecule has 0 amide bonds. The lowest BCUT2D eigenvalue weighted by Crippen LogP contribution is -2.11. The molecule has 0 aliphatic rings. The highest BCUT2D eigenvalue weighted by Crippen LogP contribution is 2.33. The Balaban J connectivity index is 1.93. The number of anilines is 2. The number of hydrogen-bond acceptors (Lipinski definition) is 6. The third-order valence-electron chi connectivity index (χ3n) is 3.26. The number of carbonyl (C=O) groups excluding carboxylic acids is 1. The Morgan fingerprint density at radius 3 is 2.46 bits per heavy atom. The zero-order valence-electron chi connectivity index (χ0n) is 13.9. The van der Waals surface area contributed by atoms with Crippen LogP contribution in [0.15, 0.2) is 42.5 Å². The highest BCUT2D eigenvalue weighted by molar-refractivity contribution is 8.76. The highest BCUT2D eigenvalue weighted by Gasteiger charge is 2.12. The molecule has 2 rings (SSSR count). The van der Waals surface area contributed by atoms with Gasteiger partial charge < -0.3 is 15.2 Å². The summed E-state index contributed by atoms with van der Waals surface area (Å²) in [4.78, 5) is 12.1. The van der Waals surface area contributed by atoms with Crippen molar-refractivity contribution in [1.82, 2.24) is 0 Å². The first-order valence-electron chi connectivity index (χ1n) is 7.91. The van der Waals surface area contributed by atoms with Crippen LogP contribution in [0.5, 0.6) is 0 Å². The topological polar surface area (TPSA) is 58.6 Å². The van der Waals surface area contributed by atoms with Crippen molar-refractivity contribution < 1.29 is 14.6 Å². The maximum atomic E-state index is 12.1. The second-order valence-corrected chi connectivity index (χ2v) is 8.66. The van der Waals surface area contributed by atoms with Crippen LogP contribution in [0.25, 0.3) is 0 Å². The summed E-state index contributed by atoms with van der Waals surface area (Å²) in [6, 6.07) is 12.7. The van der Waals surface area contributed by atoms with Crippen molar-refractivity contribution in [3.63, 3.8) is 0 Å². The molecule has 8 heteroatoms.